The van der Waals surface area contributed by atoms with Gasteiger partial charge >= 0.3 is 0 Å². The van der Waals surface area contributed by atoms with Crippen LogP contribution in [0, 0.1) is 6.92 Å². The average Bonchev–Trinajstić information content (AvgIpc) is 3.22. The van der Waals surface area contributed by atoms with E-state index in [0.717, 1.165) is 47.6 Å². The lowest BCUT2D eigenvalue weighted by atomic mass is 9.98. The standard InChI is InChI=1S/C21H22N4OS/c1-14-17(8-9-19(22)24-14)15-5-4-6-16(13-15)21(26)25-11-3-2-7-18(25)20-23-10-12-27-20/h4-6,8-10,12-13,18H,2-3,7,11H2,1H3,(H2,22,24). The number of pyridine rings is 1. The summed E-state index contributed by atoms with van der Waals surface area (Å²) in [6, 6.07) is 11.6. The number of amides is 1. The molecule has 2 aromatic heterocycles. The van der Waals surface area contributed by atoms with Gasteiger partial charge in [0.15, 0.2) is 0 Å². The van der Waals surface area contributed by atoms with Gasteiger partial charge in [-0.3, -0.25) is 4.79 Å². The molecule has 0 aliphatic carbocycles. The number of aromatic nitrogens is 2. The van der Waals surface area contributed by atoms with Gasteiger partial charge < -0.3 is 10.6 Å². The van der Waals surface area contributed by atoms with E-state index in [0.29, 0.717) is 11.4 Å². The van der Waals surface area contributed by atoms with Crippen LogP contribution in [0.5, 0.6) is 0 Å². The fraction of sp³-hybridized carbons (Fsp3) is 0.286. The molecule has 0 spiro atoms. The van der Waals surface area contributed by atoms with Crippen molar-refractivity contribution in [2.45, 2.75) is 32.2 Å². The molecule has 1 atom stereocenters. The summed E-state index contributed by atoms with van der Waals surface area (Å²) in [5, 5.41) is 3.00. The smallest absolute Gasteiger partial charge is 0.254 e. The van der Waals surface area contributed by atoms with Gasteiger partial charge in [0.1, 0.15) is 10.8 Å². The third kappa shape index (κ3) is 3.57. The van der Waals surface area contributed by atoms with Crippen LogP contribution in [0.3, 0.4) is 0 Å². The first-order valence-corrected chi connectivity index (χ1v) is 10.1. The fourth-order valence-electron chi connectivity index (χ4n) is 3.70. The molecule has 3 aromatic rings. The van der Waals surface area contributed by atoms with Crippen LogP contribution < -0.4 is 5.73 Å². The molecule has 1 aliphatic heterocycles. The van der Waals surface area contributed by atoms with Crippen LogP contribution in [0.15, 0.2) is 48.0 Å². The predicted octanol–water partition coefficient (Wildman–Crippen LogP) is 4.46. The van der Waals surface area contributed by atoms with E-state index in [1.165, 1.54) is 0 Å². The Morgan fingerprint density at radius 2 is 2.15 bits per heavy atom. The summed E-state index contributed by atoms with van der Waals surface area (Å²) in [7, 11) is 0. The minimum absolute atomic E-state index is 0.0674. The van der Waals surface area contributed by atoms with Crippen molar-refractivity contribution in [1.29, 1.82) is 0 Å². The highest BCUT2D eigenvalue weighted by Gasteiger charge is 2.30. The summed E-state index contributed by atoms with van der Waals surface area (Å²) < 4.78 is 0. The molecular weight excluding hydrogens is 356 g/mol. The summed E-state index contributed by atoms with van der Waals surface area (Å²) in [6.45, 7) is 2.71. The van der Waals surface area contributed by atoms with Crippen molar-refractivity contribution in [2.24, 2.45) is 0 Å². The average molecular weight is 379 g/mol. The molecule has 6 heteroatoms. The van der Waals surface area contributed by atoms with Gasteiger partial charge in [0.2, 0.25) is 0 Å². The highest BCUT2D eigenvalue weighted by Crippen LogP contribution is 2.33. The fourth-order valence-corrected chi connectivity index (χ4v) is 4.49. The number of thiazole rings is 1. The van der Waals surface area contributed by atoms with Gasteiger partial charge in [-0.25, -0.2) is 9.97 Å². The lowest BCUT2D eigenvalue weighted by Crippen LogP contribution is -2.38. The number of likely N-dealkylation sites (tertiary alicyclic amines) is 1. The topological polar surface area (TPSA) is 72.1 Å². The Balaban J connectivity index is 1.65. The molecular formula is C21H22N4OS. The molecule has 5 nitrogen and oxygen atoms in total. The number of carbonyl (C=O) groups is 1. The number of hydrogen-bond donors (Lipinski definition) is 1. The van der Waals surface area contributed by atoms with Gasteiger partial charge in [-0.15, -0.1) is 11.3 Å². The molecule has 1 aliphatic rings. The Bertz CT molecular complexity index is 955. The van der Waals surface area contributed by atoms with E-state index in [9.17, 15) is 4.79 Å². The summed E-state index contributed by atoms with van der Waals surface area (Å²) >= 11 is 1.62. The minimum Gasteiger partial charge on any atom is -0.384 e. The van der Waals surface area contributed by atoms with Crippen molar-refractivity contribution in [3.05, 3.63) is 64.2 Å². The van der Waals surface area contributed by atoms with Gasteiger partial charge in [-0.1, -0.05) is 12.1 Å². The number of aryl methyl sites for hydroxylation is 1. The van der Waals surface area contributed by atoms with E-state index in [2.05, 4.69) is 9.97 Å². The largest absolute Gasteiger partial charge is 0.384 e. The van der Waals surface area contributed by atoms with E-state index in [-0.39, 0.29) is 11.9 Å². The number of nitrogens with two attached hydrogens (primary N) is 1. The Morgan fingerprint density at radius 3 is 2.93 bits per heavy atom. The van der Waals surface area contributed by atoms with Gasteiger partial charge in [0.05, 0.1) is 6.04 Å². The number of nitrogens with zero attached hydrogens (tertiary/aromatic N) is 3. The maximum Gasteiger partial charge on any atom is 0.254 e. The molecule has 0 radical (unpaired) electrons. The molecule has 3 heterocycles. The van der Waals surface area contributed by atoms with Crippen molar-refractivity contribution in [3.63, 3.8) is 0 Å². The Morgan fingerprint density at radius 1 is 1.26 bits per heavy atom. The Labute approximate surface area is 162 Å². The zero-order valence-electron chi connectivity index (χ0n) is 15.3. The molecule has 1 amide bonds. The predicted molar refractivity (Wildman–Crippen MR) is 109 cm³/mol. The monoisotopic (exact) mass is 378 g/mol. The first-order valence-electron chi connectivity index (χ1n) is 9.17. The third-order valence-electron chi connectivity index (χ3n) is 5.03. The van der Waals surface area contributed by atoms with Crippen LogP contribution in [0.2, 0.25) is 0 Å². The molecule has 0 bridgehead atoms. The first kappa shape index (κ1) is 17.7. The van der Waals surface area contributed by atoms with Crippen LogP contribution >= 0.6 is 11.3 Å². The van der Waals surface area contributed by atoms with Gasteiger partial charge in [-0.05, 0) is 56.0 Å². The van der Waals surface area contributed by atoms with E-state index < -0.39 is 0 Å². The molecule has 1 aromatic carbocycles. The number of benzene rings is 1. The quantitative estimate of drug-likeness (QED) is 0.730. The number of piperidine rings is 1. The Hall–Kier alpha value is -2.73. The molecule has 27 heavy (non-hydrogen) atoms. The number of carbonyl (C=O) groups excluding carboxylic acids is 1. The van der Waals surface area contributed by atoms with Crippen LogP contribution in [0.25, 0.3) is 11.1 Å². The van der Waals surface area contributed by atoms with Crippen molar-refractivity contribution < 1.29 is 4.79 Å². The third-order valence-corrected chi connectivity index (χ3v) is 5.90. The number of anilines is 1. The normalized spacial score (nSPS) is 17.1. The van der Waals surface area contributed by atoms with E-state index in [4.69, 9.17) is 5.73 Å². The van der Waals surface area contributed by atoms with Crippen molar-refractivity contribution in [1.82, 2.24) is 14.9 Å². The zero-order chi connectivity index (χ0) is 18.8. The summed E-state index contributed by atoms with van der Waals surface area (Å²) in [5.74, 6) is 0.570. The van der Waals surface area contributed by atoms with Crippen molar-refractivity contribution in [3.8, 4) is 11.1 Å². The SMILES string of the molecule is Cc1nc(N)ccc1-c1cccc(C(=O)N2CCCCC2c2nccs2)c1. The lowest BCUT2D eigenvalue weighted by Gasteiger charge is -2.34. The van der Waals surface area contributed by atoms with E-state index in [1.807, 2.05) is 53.7 Å². The maximum absolute atomic E-state index is 13.3. The molecule has 1 saturated heterocycles. The molecule has 2 N–H and O–H groups in total. The van der Waals surface area contributed by atoms with Crippen LogP contribution in [-0.2, 0) is 0 Å². The second kappa shape index (κ2) is 7.48. The maximum atomic E-state index is 13.3. The van der Waals surface area contributed by atoms with Gasteiger partial charge in [-0.2, -0.15) is 0 Å². The lowest BCUT2D eigenvalue weighted by molar-refractivity contribution is 0.0611. The zero-order valence-corrected chi connectivity index (χ0v) is 16.1. The van der Waals surface area contributed by atoms with Crippen molar-refractivity contribution >= 4 is 23.1 Å². The van der Waals surface area contributed by atoms with E-state index >= 15 is 0 Å². The van der Waals surface area contributed by atoms with Crippen LogP contribution in [0.4, 0.5) is 5.82 Å². The summed E-state index contributed by atoms with van der Waals surface area (Å²) in [4.78, 5) is 24.1. The minimum atomic E-state index is 0.0674. The number of nitrogen functional groups attached to an aromatic ring is 1. The second-order valence-corrected chi connectivity index (χ2v) is 7.76. The number of rotatable bonds is 3. The second-order valence-electron chi connectivity index (χ2n) is 6.83. The molecule has 1 unspecified atom stereocenters. The van der Waals surface area contributed by atoms with Gasteiger partial charge in [0.25, 0.3) is 5.91 Å². The summed E-state index contributed by atoms with van der Waals surface area (Å²) in [5.41, 5.74) is 9.30. The van der Waals surface area contributed by atoms with Gasteiger partial charge in [0, 0.05) is 34.9 Å². The highest BCUT2D eigenvalue weighted by atomic mass is 32.1. The molecule has 1 fully saturated rings. The number of hydrogen-bond acceptors (Lipinski definition) is 5. The van der Waals surface area contributed by atoms with Crippen molar-refractivity contribution in [2.75, 3.05) is 12.3 Å². The molecule has 4 rings (SSSR count). The highest BCUT2D eigenvalue weighted by molar-refractivity contribution is 7.09. The molecule has 138 valence electrons. The summed E-state index contributed by atoms with van der Waals surface area (Å²) in [6.07, 6.45) is 4.95. The molecule has 0 saturated carbocycles. The first-order chi connectivity index (χ1) is 13.1. The Kier molecular flexibility index (Phi) is 4.90. The van der Waals surface area contributed by atoms with Crippen LogP contribution in [-0.4, -0.2) is 27.3 Å². The van der Waals surface area contributed by atoms with E-state index in [1.54, 1.807) is 17.4 Å². The van der Waals surface area contributed by atoms with Crippen LogP contribution in [0.1, 0.15) is 46.4 Å².